The van der Waals surface area contributed by atoms with Crippen molar-refractivity contribution in [1.29, 1.82) is 0 Å². The number of benzene rings is 1. The van der Waals surface area contributed by atoms with Gasteiger partial charge >= 0.3 is 5.97 Å². The lowest BCUT2D eigenvalue weighted by molar-refractivity contribution is -0.140. The average Bonchev–Trinajstić information content (AvgIpc) is 2.46. The third kappa shape index (κ3) is 4.88. The van der Waals surface area contributed by atoms with Crippen molar-refractivity contribution >= 4 is 11.9 Å². The molecule has 21 heavy (non-hydrogen) atoms. The third-order valence-corrected chi connectivity index (χ3v) is 2.54. The van der Waals surface area contributed by atoms with Crippen LogP contribution in [-0.2, 0) is 9.53 Å². The van der Waals surface area contributed by atoms with Crippen molar-refractivity contribution in [2.24, 2.45) is 0 Å². The number of methoxy groups -OCH3 is 1. The number of nitrogens with one attached hydrogen (secondary N) is 1. The Morgan fingerprint density at radius 1 is 1.52 bits per heavy atom. The Morgan fingerprint density at radius 2 is 2.24 bits per heavy atom. The highest BCUT2D eigenvalue weighted by molar-refractivity contribution is 5.96. The molecule has 7 heteroatoms. The van der Waals surface area contributed by atoms with Crippen molar-refractivity contribution in [3.63, 3.8) is 0 Å². The van der Waals surface area contributed by atoms with Crippen LogP contribution >= 0.6 is 0 Å². The van der Waals surface area contributed by atoms with Gasteiger partial charge in [-0.3, -0.25) is 4.79 Å². The molecule has 1 atom stereocenters. The zero-order valence-corrected chi connectivity index (χ0v) is 11.5. The van der Waals surface area contributed by atoms with E-state index in [1.165, 1.54) is 25.3 Å². The highest BCUT2D eigenvalue weighted by Crippen LogP contribution is 2.18. The number of ether oxygens (including phenoxy) is 2. The van der Waals surface area contributed by atoms with Gasteiger partial charge in [-0.15, -0.1) is 6.58 Å². The maximum absolute atomic E-state index is 13.2. The molecule has 0 bridgehead atoms. The normalized spacial score (nSPS) is 11.5. The van der Waals surface area contributed by atoms with Crippen LogP contribution < -0.4 is 10.1 Å². The number of carbonyl (C=O) groups is 2. The van der Waals surface area contributed by atoms with E-state index < -0.39 is 23.7 Å². The molecule has 0 aliphatic rings. The van der Waals surface area contributed by atoms with E-state index in [0.29, 0.717) is 0 Å². The average molecular weight is 297 g/mol. The number of aliphatic carboxylic acids is 1. The van der Waals surface area contributed by atoms with E-state index in [9.17, 15) is 14.0 Å². The van der Waals surface area contributed by atoms with E-state index in [4.69, 9.17) is 14.6 Å². The predicted octanol–water partition coefficient (Wildman–Crippen LogP) is 1.22. The summed E-state index contributed by atoms with van der Waals surface area (Å²) < 4.78 is 23.0. The molecule has 0 aliphatic heterocycles. The van der Waals surface area contributed by atoms with Gasteiger partial charge in [-0.2, -0.15) is 0 Å². The second-order valence-electron chi connectivity index (χ2n) is 4.04. The number of amides is 1. The first-order chi connectivity index (χ1) is 9.99. The topological polar surface area (TPSA) is 84.9 Å². The van der Waals surface area contributed by atoms with Gasteiger partial charge in [-0.1, -0.05) is 6.08 Å². The van der Waals surface area contributed by atoms with E-state index in [1.54, 1.807) is 0 Å². The van der Waals surface area contributed by atoms with Gasteiger partial charge < -0.3 is 19.9 Å². The molecule has 1 amide bonds. The number of rotatable bonds is 8. The fraction of sp³-hybridized carbons (Fsp3) is 0.286. The Balaban J connectivity index is 2.77. The van der Waals surface area contributed by atoms with E-state index in [-0.39, 0.29) is 24.5 Å². The lowest BCUT2D eigenvalue weighted by Crippen LogP contribution is -2.44. The maximum Gasteiger partial charge on any atom is 0.328 e. The third-order valence-electron chi connectivity index (χ3n) is 2.54. The maximum atomic E-state index is 13.2. The first-order valence-electron chi connectivity index (χ1n) is 6.05. The van der Waals surface area contributed by atoms with Gasteiger partial charge in [0.2, 0.25) is 0 Å². The zero-order valence-electron chi connectivity index (χ0n) is 11.5. The minimum atomic E-state index is -1.23. The summed E-state index contributed by atoms with van der Waals surface area (Å²) in [5.41, 5.74) is 0.0863. The van der Waals surface area contributed by atoms with Crippen molar-refractivity contribution in [3.05, 3.63) is 42.2 Å². The molecular formula is C14H16FNO5. The quantitative estimate of drug-likeness (QED) is 0.556. The van der Waals surface area contributed by atoms with E-state index >= 15 is 0 Å². The Labute approximate surface area is 121 Å². The number of hydrogen-bond acceptors (Lipinski definition) is 4. The molecule has 0 fully saturated rings. The Kier molecular flexibility index (Phi) is 6.35. The lowest BCUT2D eigenvalue weighted by atomic mass is 10.2. The molecule has 0 heterocycles. The van der Waals surface area contributed by atoms with Crippen molar-refractivity contribution in [2.75, 3.05) is 20.3 Å². The van der Waals surface area contributed by atoms with E-state index in [0.717, 1.165) is 6.07 Å². The fourth-order valence-corrected chi connectivity index (χ4v) is 1.49. The highest BCUT2D eigenvalue weighted by Gasteiger charge is 2.21. The molecule has 114 valence electrons. The number of halogens is 1. The molecule has 6 nitrogen and oxygen atoms in total. The molecular weight excluding hydrogens is 281 g/mol. The van der Waals surface area contributed by atoms with Crippen LogP contribution in [0.15, 0.2) is 30.9 Å². The molecule has 1 unspecified atom stereocenters. The fourth-order valence-electron chi connectivity index (χ4n) is 1.49. The molecule has 0 aromatic heterocycles. The monoisotopic (exact) mass is 297 g/mol. The molecule has 1 aromatic carbocycles. The van der Waals surface area contributed by atoms with Gasteiger partial charge in [0.15, 0.2) is 17.6 Å². The van der Waals surface area contributed by atoms with Crippen molar-refractivity contribution < 1.29 is 28.6 Å². The summed E-state index contributed by atoms with van der Waals surface area (Å²) in [7, 11) is 1.27. The zero-order chi connectivity index (χ0) is 15.8. The number of carbonyl (C=O) groups excluding carboxylic acids is 1. The van der Waals surface area contributed by atoms with Crippen molar-refractivity contribution in [1.82, 2.24) is 5.32 Å². The van der Waals surface area contributed by atoms with Gasteiger partial charge in [0.1, 0.15) is 0 Å². The van der Waals surface area contributed by atoms with Gasteiger partial charge in [0.25, 0.3) is 5.91 Å². The predicted molar refractivity (Wildman–Crippen MR) is 72.9 cm³/mol. The summed E-state index contributed by atoms with van der Waals surface area (Å²) in [5, 5.41) is 11.3. The number of carboxylic acids is 1. The summed E-state index contributed by atoms with van der Waals surface area (Å²) in [5.74, 6) is -2.61. The van der Waals surface area contributed by atoms with Gasteiger partial charge in [0, 0.05) is 5.56 Å². The van der Waals surface area contributed by atoms with Crippen LogP contribution in [0.3, 0.4) is 0 Å². The lowest BCUT2D eigenvalue weighted by Gasteiger charge is -2.14. The molecule has 0 saturated heterocycles. The van der Waals surface area contributed by atoms with Crippen molar-refractivity contribution in [3.8, 4) is 5.75 Å². The SMILES string of the molecule is C=CCOCC(NC(=O)c1ccc(F)c(OC)c1)C(=O)O. The number of carboxylic acid groups (broad SMARTS) is 1. The molecule has 0 spiro atoms. The molecule has 1 aromatic rings. The molecule has 1 rings (SSSR count). The summed E-state index contributed by atoms with van der Waals surface area (Å²) >= 11 is 0. The van der Waals surface area contributed by atoms with Gasteiger partial charge in [-0.25, -0.2) is 9.18 Å². The van der Waals surface area contributed by atoms with Crippen LogP contribution in [0.2, 0.25) is 0 Å². The van der Waals surface area contributed by atoms with Crippen LogP contribution in [0.5, 0.6) is 5.75 Å². The van der Waals surface area contributed by atoms with Gasteiger partial charge in [0.05, 0.1) is 20.3 Å². The smallest absolute Gasteiger partial charge is 0.328 e. The Morgan fingerprint density at radius 3 is 2.81 bits per heavy atom. The van der Waals surface area contributed by atoms with Crippen LogP contribution in [0.25, 0.3) is 0 Å². The molecule has 0 saturated carbocycles. The second-order valence-corrected chi connectivity index (χ2v) is 4.04. The summed E-state index contributed by atoms with van der Waals surface area (Å²) in [6.07, 6.45) is 1.46. The van der Waals surface area contributed by atoms with Crippen LogP contribution in [0.1, 0.15) is 10.4 Å². The van der Waals surface area contributed by atoms with Gasteiger partial charge in [-0.05, 0) is 18.2 Å². The van der Waals surface area contributed by atoms with Crippen LogP contribution in [-0.4, -0.2) is 43.3 Å². The summed E-state index contributed by atoms with van der Waals surface area (Å²) in [6.45, 7) is 3.40. The summed E-state index contributed by atoms with van der Waals surface area (Å²) in [6, 6.07) is 2.27. The molecule has 2 N–H and O–H groups in total. The van der Waals surface area contributed by atoms with Crippen LogP contribution in [0.4, 0.5) is 4.39 Å². The minimum absolute atomic E-state index is 0.0863. The first-order valence-corrected chi connectivity index (χ1v) is 6.05. The van der Waals surface area contributed by atoms with Crippen molar-refractivity contribution in [2.45, 2.75) is 6.04 Å². The second kappa shape index (κ2) is 8.01. The largest absolute Gasteiger partial charge is 0.494 e. The highest BCUT2D eigenvalue weighted by atomic mass is 19.1. The summed E-state index contributed by atoms with van der Waals surface area (Å²) in [4.78, 5) is 23.0. The molecule has 0 radical (unpaired) electrons. The van der Waals surface area contributed by atoms with E-state index in [1.807, 2.05) is 0 Å². The minimum Gasteiger partial charge on any atom is -0.494 e. The van der Waals surface area contributed by atoms with E-state index in [2.05, 4.69) is 11.9 Å². The first kappa shape index (κ1) is 16.6. The Hall–Kier alpha value is -2.41. The standard InChI is InChI=1S/C14H16FNO5/c1-3-6-21-8-11(14(18)19)16-13(17)9-4-5-10(15)12(7-9)20-2/h3-5,7,11H,1,6,8H2,2H3,(H,16,17)(H,18,19). The van der Waals surface area contributed by atoms with Crippen LogP contribution in [0, 0.1) is 5.82 Å². The Bertz CT molecular complexity index is 532. The number of hydrogen-bond donors (Lipinski definition) is 2. The molecule has 0 aliphatic carbocycles.